The molecule has 136 valence electrons. The van der Waals surface area contributed by atoms with Crippen molar-refractivity contribution in [2.24, 2.45) is 0 Å². The van der Waals surface area contributed by atoms with E-state index >= 15 is 0 Å². The number of nitrogens with one attached hydrogen (secondary N) is 1. The number of halogens is 5. The molecule has 25 heavy (non-hydrogen) atoms. The zero-order valence-electron chi connectivity index (χ0n) is 12.1. The number of anilines is 1. The van der Waals surface area contributed by atoms with Gasteiger partial charge in [0.15, 0.2) is 15.5 Å². The van der Waals surface area contributed by atoms with Gasteiger partial charge in [0, 0.05) is 16.3 Å². The van der Waals surface area contributed by atoms with Gasteiger partial charge in [-0.05, 0) is 6.07 Å². The number of sulfone groups is 1. The van der Waals surface area contributed by atoms with Crippen LogP contribution in [0.2, 0.25) is 5.02 Å². The lowest BCUT2D eigenvalue weighted by Gasteiger charge is -2.16. The normalized spacial score (nSPS) is 12.4. The van der Waals surface area contributed by atoms with Crippen molar-refractivity contribution in [3.8, 4) is 11.3 Å². The second kappa shape index (κ2) is 6.18. The molecule has 0 radical (unpaired) electrons. The van der Waals surface area contributed by atoms with Crippen LogP contribution in [-0.2, 0) is 16.0 Å². The minimum atomic E-state index is -4.80. The fraction of sp³-hybridized carbons (Fsp3) is 0.167. The van der Waals surface area contributed by atoms with Crippen LogP contribution in [0.1, 0.15) is 16.1 Å². The highest BCUT2D eigenvalue weighted by Gasteiger charge is 2.37. The molecule has 0 unspecified atom stereocenters. The number of hydrogen-bond donors (Lipinski definition) is 3. The summed E-state index contributed by atoms with van der Waals surface area (Å²) in [6.45, 7) is 0. The molecular weight excluding hydrogens is 455 g/mol. The maximum atomic E-state index is 13.0. The minimum absolute atomic E-state index is 0.246. The van der Waals surface area contributed by atoms with Crippen molar-refractivity contribution in [3.05, 3.63) is 26.8 Å². The van der Waals surface area contributed by atoms with Gasteiger partial charge in [0.05, 0.1) is 22.0 Å². The van der Waals surface area contributed by atoms with Gasteiger partial charge in [0.25, 0.3) is 0 Å². The number of aromatic amines is 1. The fourth-order valence-corrected chi connectivity index (χ4v) is 4.15. The van der Waals surface area contributed by atoms with Gasteiger partial charge < -0.3 is 10.8 Å². The number of aromatic nitrogens is 2. The van der Waals surface area contributed by atoms with Crippen LogP contribution in [0.3, 0.4) is 0 Å². The smallest absolute Gasteiger partial charge is 0.418 e. The molecule has 1 aromatic heterocycles. The van der Waals surface area contributed by atoms with Crippen LogP contribution >= 0.6 is 27.5 Å². The summed E-state index contributed by atoms with van der Waals surface area (Å²) in [7, 11) is -4.12. The van der Waals surface area contributed by atoms with Crippen LogP contribution in [0.4, 0.5) is 18.9 Å². The molecule has 7 nitrogen and oxygen atoms in total. The standard InChI is InChI=1S/C12H8BrClF3N3O4S/c1-25(23,24)10-8(19-20-9(10)11(21)22)5-4(13)2-3(12(15,16)17)7(18)6(5)14/h2H,18H2,1H3,(H,19,20)(H,21,22). The Morgan fingerprint density at radius 1 is 1.44 bits per heavy atom. The summed E-state index contributed by atoms with van der Waals surface area (Å²) < 4.78 is 62.6. The first-order valence-corrected chi connectivity index (χ1v) is 9.19. The molecule has 0 aliphatic heterocycles. The summed E-state index contributed by atoms with van der Waals surface area (Å²) in [5.41, 5.74) is 1.90. The summed E-state index contributed by atoms with van der Waals surface area (Å²) in [6, 6.07) is 0.615. The van der Waals surface area contributed by atoms with Gasteiger partial charge in [0.2, 0.25) is 0 Å². The Balaban J connectivity index is 2.91. The zero-order valence-corrected chi connectivity index (χ0v) is 15.2. The van der Waals surface area contributed by atoms with Crippen LogP contribution in [0.5, 0.6) is 0 Å². The Kier molecular flexibility index (Phi) is 4.83. The third-order valence-electron chi connectivity index (χ3n) is 3.11. The number of benzene rings is 1. The van der Waals surface area contributed by atoms with Gasteiger partial charge in [0.1, 0.15) is 4.90 Å². The summed E-state index contributed by atoms with van der Waals surface area (Å²) >= 11 is 8.79. The van der Waals surface area contributed by atoms with Gasteiger partial charge >= 0.3 is 12.1 Å². The quantitative estimate of drug-likeness (QED) is 0.601. The molecule has 4 N–H and O–H groups in total. The molecule has 0 saturated heterocycles. The summed E-state index contributed by atoms with van der Waals surface area (Å²) in [4.78, 5) is 10.4. The number of nitrogens with zero attached hydrogens (tertiary/aromatic N) is 1. The largest absolute Gasteiger partial charge is 0.476 e. The predicted octanol–water partition coefficient (Wildman–Crippen LogP) is 3.20. The van der Waals surface area contributed by atoms with E-state index in [9.17, 15) is 26.4 Å². The summed E-state index contributed by atoms with van der Waals surface area (Å²) in [5, 5.41) is 14.0. The number of aromatic carboxylic acids is 1. The van der Waals surface area contributed by atoms with Crippen LogP contribution in [0.15, 0.2) is 15.4 Å². The van der Waals surface area contributed by atoms with Crippen LogP contribution in [0, 0.1) is 0 Å². The van der Waals surface area contributed by atoms with E-state index in [1.165, 1.54) is 0 Å². The average Bonchev–Trinajstić information content (AvgIpc) is 2.86. The first kappa shape index (κ1) is 19.5. The Morgan fingerprint density at radius 2 is 2.00 bits per heavy atom. The monoisotopic (exact) mass is 461 g/mol. The molecule has 0 saturated carbocycles. The van der Waals surface area contributed by atoms with E-state index in [1.54, 1.807) is 0 Å². The van der Waals surface area contributed by atoms with Crippen LogP contribution < -0.4 is 5.73 Å². The maximum absolute atomic E-state index is 13.0. The zero-order chi connectivity index (χ0) is 19.3. The van der Waals surface area contributed by atoms with E-state index in [1.807, 2.05) is 0 Å². The lowest BCUT2D eigenvalue weighted by molar-refractivity contribution is -0.136. The van der Waals surface area contributed by atoms with Crippen molar-refractivity contribution in [1.82, 2.24) is 10.2 Å². The summed E-state index contributed by atoms with van der Waals surface area (Å²) in [6.07, 6.45) is -4.07. The molecule has 1 aromatic carbocycles. The first-order valence-electron chi connectivity index (χ1n) is 6.13. The van der Waals surface area contributed by atoms with Crippen molar-refractivity contribution >= 4 is 49.0 Å². The van der Waals surface area contributed by atoms with E-state index in [4.69, 9.17) is 22.4 Å². The van der Waals surface area contributed by atoms with E-state index < -0.39 is 54.5 Å². The molecule has 0 bridgehead atoms. The molecule has 0 atom stereocenters. The number of H-pyrrole nitrogens is 1. The number of rotatable bonds is 3. The van der Waals surface area contributed by atoms with E-state index in [0.717, 1.165) is 6.26 Å². The summed E-state index contributed by atoms with van der Waals surface area (Å²) in [5.74, 6) is -1.64. The van der Waals surface area contributed by atoms with Gasteiger partial charge in [-0.1, -0.05) is 27.5 Å². The SMILES string of the molecule is CS(=O)(=O)c1c(C(=O)O)n[nH]c1-c1c(Br)cc(C(F)(F)F)c(N)c1Cl. The van der Waals surface area contributed by atoms with Gasteiger partial charge in [-0.25, -0.2) is 13.2 Å². The van der Waals surface area contributed by atoms with Crippen molar-refractivity contribution in [3.63, 3.8) is 0 Å². The Labute approximate surface area is 152 Å². The molecular formula is C12H8BrClF3N3O4S. The Hall–Kier alpha value is -1.79. The van der Waals surface area contributed by atoms with Crippen molar-refractivity contribution in [2.45, 2.75) is 11.1 Å². The number of nitrogens with two attached hydrogens (primary N) is 1. The fourth-order valence-electron chi connectivity index (χ4n) is 2.11. The second-order valence-electron chi connectivity index (χ2n) is 4.86. The van der Waals surface area contributed by atoms with E-state index in [2.05, 4.69) is 26.1 Å². The third-order valence-corrected chi connectivity index (χ3v) is 5.26. The van der Waals surface area contributed by atoms with Gasteiger partial charge in [-0.3, -0.25) is 5.10 Å². The van der Waals surface area contributed by atoms with Crippen LogP contribution in [0.25, 0.3) is 11.3 Å². The number of hydrogen-bond acceptors (Lipinski definition) is 5. The molecule has 0 spiro atoms. The number of carboxylic acid groups (broad SMARTS) is 1. The van der Waals surface area contributed by atoms with E-state index in [-0.39, 0.29) is 10.0 Å². The first-order chi connectivity index (χ1) is 11.3. The Morgan fingerprint density at radius 3 is 2.44 bits per heavy atom. The molecule has 0 aliphatic carbocycles. The number of alkyl halides is 3. The Bertz CT molecular complexity index is 988. The van der Waals surface area contributed by atoms with Gasteiger partial charge in [-0.2, -0.15) is 18.3 Å². The van der Waals surface area contributed by atoms with Crippen molar-refractivity contribution in [2.75, 3.05) is 12.0 Å². The molecule has 2 rings (SSSR count). The van der Waals surface area contributed by atoms with E-state index in [0.29, 0.717) is 6.07 Å². The lowest BCUT2D eigenvalue weighted by atomic mass is 10.1. The molecule has 0 aliphatic rings. The molecule has 2 aromatic rings. The highest BCUT2D eigenvalue weighted by Crippen LogP contribution is 2.46. The number of carboxylic acids is 1. The molecule has 1 heterocycles. The molecule has 0 fully saturated rings. The average molecular weight is 463 g/mol. The topological polar surface area (TPSA) is 126 Å². The maximum Gasteiger partial charge on any atom is 0.418 e. The third kappa shape index (κ3) is 3.46. The van der Waals surface area contributed by atoms with Crippen molar-refractivity contribution in [1.29, 1.82) is 0 Å². The minimum Gasteiger partial charge on any atom is -0.476 e. The number of carbonyl (C=O) groups is 1. The lowest BCUT2D eigenvalue weighted by Crippen LogP contribution is -2.11. The highest BCUT2D eigenvalue weighted by molar-refractivity contribution is 9.10. The molecule has 0 amide bonds. The van der Waals surface area contributed by atoms with Crippen molar-refractivity contribution < 1.29 is 31.5 Å². The molecule has 13 heteroatoms. The number of nitrogen functional groups attached to an aromatic ring is 1. The van der Waals surface area contributed by atoms with Gasteiger partial charge in [-0.15, -0.1) is 0 Å². The van der Waals surface area contributed by atoms with Crippen LogP contribution in [-0.4, -0.2) is 35.9 Å². The highest BCUT2D eigenvalue weighted by atomic mass is 79.9. The second-order valence-corrected chi connectivity index (χ2v) is 8.04. The predicted molar refractivity (Wildman–Crippen MR) is 86.2 cm³/mol.